The molecular weight excluding hydrogens is 236 g/mol. The Balaban J connectivity index is 2.37. The van der Waals surface area contributed by atoms with Crippen LogP contribution in [0.3, 0.4) is 0 Å². The van der Waals surface area contributed by atoms with Gasteiger partial charge in [-0.2, -0.15) is 0 Å². The van der Waals surface area contributed by atoms with E-state index in [1.807, 2.05) is 5.38 Å². The number of esters is 1. The second-order valence-corrected chi connectivity index (χ2v) is 4.39. The molecule has 0 fully saturated rings. The molecule has 0 aromatic carbocycles. The van der Waals surface area contributed by atoms with Gasteiger partial charge in [0.05, 0.1) is 18.6 Å². The number of thiophene rings is 1. The maximum atomic E-state index is 11.4. The van der Waals surface area contributed by atoms with Crippen molar-refractivity contribution in [3.8, 4) is 0 Å². The van der Waals surface area contributed by atoms with Crippen molar-refractivity contribution in [2.75, 3.05) is 7.11 Å². The van der Waals surface area contributed by atoms with Gasteiger partial charge in [-0.25, -0.2) is 0 Å². The van der Waals surface area contributed by atoms with E-state index in [0.29, 0.717) is 11.4 Å². The lowest BCUT2D eigenvalue weighted by Gasteiger charge is -1.99. The Bertz CT molecular complexity index is 359. The molecule has 0 aliphatic heterocycles. The Morgan fingerprint density at radius 3 is 2.73 bits per heavy atom. The zero-order valence-electron chi connectivity index (χ0n) is 8.29. The fraction of sp³-hybridized carbons (Fsp3) is 0.400. The van der Waals surface area contributed by atoms with Crippen molar-refractivity contribution in [3.63, 3.8) is 0 Å². The average molecular weight is 247 g/mol. The minimum Gasteiger partial charge on any atom is -0.469 e. The zero-order chi connectivity index (χ0) is 11.3. The highest BCUT2D eigenvalue weighted by Gasteiger charge is 2.10. The van der Waals surface area contributed by atoms with Gasteiger partial charge in [0.1, 0.15) is 5.78 Å². The third-order valence-electron chi connectivity index (χ3n) is 1.88. The number of carbonyl (C=O) groups is 2. The summed E-state index contributed by atoms with van der Waals surface area (Å²) in [4.78, 5) is 23.1. The number of ether oxygens (including phenoxy) is 1. The van der Waals surface area contributed by atoms with Gasteiger partial charge < -0.3 is 4.74 Å². The van der Waals surface area contributed by atoms with E-state index < -0.39 is 0 Å². The minimum atomic E-state index is -0.361. The first kappa shape index (κ1) is 12.2. The van der Waals surface area contributed by atoms with E-state index >= 15 is 0 Å². The first-order valence-corrected chi connectivity index (χ1v) is 5.69. The number of halogens is 1. The molecule has 0 N–H and O–H groups in total. The van der Waals surface area contributed by atoms with Crippen LogP contribution in [0.2, 0.25) is 5.02 Å². The summed E-state index contributed by atoms with van der Waals surface area (Å²) in [5.41, 5.74) is 0. The van der Waals surface area contributed by atoms with Crippen molar-refractivity contribution in [1.29, 1.82) is 0 Å². The quantitative estimate of drug-likeness (QED) is 0.750. The average Bonchev–Trinajstić information content (AvgIpc) is 2.61. The van der Waals surface area contributed by atoms with Crippen molar-refractivity contribution >= 4 is 34.7 Å². The van der Waals surface area contributed by atoms with E-state index in [9.17, 15) is 9.59 Å². The summed E-state index contributed by atoms with van der Waals surface area (Å²) >= 11 is 7.29. The van der Waals surface area contributed by atoms with Gasteiger partial charge in [0, 0.05) is 17.7 Å². The van der Waals surface area contributed by atoms with Crippen molar-refractivity contribution in [2.45, 2.75) is 19.3 Å². The summed E-state index contributed by atoms with van der Waals surface area (Å²) in [5, 5.41) is 2.46. The lowest BCUT2D eigenvalue weighted by Crippen LogP contribution is -2.07. The number of rotatable bonds is 5. The molecule has 0 aliphatic rings. The molecule has 0 unspecified atom stereocenters. The predicted molar refractivity (Wildman–Crippen MR) is 59.3 cm³/mol. The van der Waals surface area contributed by atoms with Crippen molar-refractivity contribution in [2.24, 2.45) is 0 Å². The second kappa shape index (κ2) is 5.88. The van der Waals surface area contributed by atoms with Gasteiger partial charge in [-0.3, -0.25) is 9.59 Å². The lowest BCUT2D eigenvalue weighted by atomic mass is 10.1. The van der Waals surface area contributed by atoms with E-state index in [0.717, 1.165) is 4.88 Å². The molecule has 0 bridgehead atoms. The smallest absolute Gasteiger partial charge is 0.305 e. The number of Topliss-reactive ketones (excluding diaryl/α,β-unsaturated/α-hetero) is 1. The van der Waals surface area contributed by atoms with Gasteiger partial charge in [0.2, 0.25) is 0 Å². The Kier molecular flexibility index (Phi) is 4.78. The summed E-state index contributed by atoms with van der Waals surface area (Å²) < 4.78 is 4.44. The largest absolute Gasteiger partial charge is 0.469 e. The van der Waals surface area contributed by atoms with Crippen LogP contribution >= 0.6 is 22.9 Å². The highest BCUT2D eigenvalue weighted by molar-refractivity contribution is 7.10. The van der Waals surface area contributed by atoms with Crippen LogP contribution in [-0.2, 0) is 20.7 Å². The van der Waals surface area contributed by atoms with E-state index in [4.69, 9.17) is 11.6 Å². The maximum absolute atomic E-state index is 11.4. The van der Waals surface area contributed by atoms with E-state index in [-0.39, 0.29) is 24.6 Å². The summed E-state index contributed by atoms with van der Waals surface area (Å²) in [6.45, 7) is 0. The first-order chi connectivity index (χ1) is 7.13. The van der Waals surface area contributed by atoms with Crippen LogP contribution in [0, 0.1) is 0 Å². The van der Waals surface area contributed by atoms with Gasteiger partial charge >= 0.3 is 5.97 Å². The van der Waals surface area contributed by atoms with Gasteiger partial charge in [-0.05, 0) is 11.4 Å². The SMILES string of the molecule is COC(=O)CCC(=O)Cc1sccc1Cl. The monoisotopic (exact) mass is 246 g/mol. The van der Waals surface area contributed by atoms with Crippen LogP contribution in [0.15, 0.2) is 11.4 Å². The number of ketones is 1. The molecule has 0 saturated heterocycles. The summed E-state index contributed by atoms with van der Waals surface area (Å²) in [5.74, 6) is -0.356. The van der Waals surface area contributed by atoms with Gasteiger partial charge in [-0.1, -0.05) is 11.6 Å². The van der Waals surface area contributed by atoms with Crippen LogP contribution < -0.4 is 0 Å². The van der Waals surface area contributed by atoms with E-state index in [1.165, 1.54) is 18.4 Å². The van der Waals surface area contributed by atoms with Crippen molar-refractivity contribution in [3.05, 3.63) is 21.3 Å². The number of hydrogen-bond donors (Lipinski definition) is 0. The standard InChI is InChI=1S/C10H11ClO3S/c1-14-10(13)3-2-7(12)6-9-8(11)4-5-15-9/h4-5H,2-3,6H2,1H3. The van der Waals surface area contributed by atoms with E-state index in [1.54, 1.807) is 6.07 Å². The van der Waals surface area contributed by atoms with Crippen LogP contribution in [0.5, 0.6) is 0 Å². The zero-order valence-corrected chi connectivity index (χ0v) is 9.86. The number of hydrogen-bond acceptors (Lipinski definition) is 4. The molecular formula is C10H11ClO3S. The number of methoxy groups -OCH3 is 1. The van der Waals surface area contributed by atoms with Gasteiger partial charge in [0.15, 0.2) is 0 Å². The Morgan fingerprint density at radius 1 is 1.47 bits per heavy atom. The molecule has 1 rings (SSSR count). The predicted octanol–water partition coefficient (Wildman–Crippen LogP) is 2.47. The molecule has 15 heavy (non-hydrogen) atoms. The van der Waals surface area contributed by atoms with Crippen LogP contribution in [0.25, 0.3) is 0 Å². The summed E-state index contributed by atoms with van der Waals surface area (Å²) in [6.07, 6.45) is 0.646. The molecule has 5 heteroatoms. The molecule has 0 atom stereocenters. The molecule has 1 aromatic heterocycles. The number of carbonyl (C=O) groups excluding carboxylic acids is 2. The maximum Gasteiger partial charge on any atom is 0.305 e. The summed E-state index contributed by atoms with van der Waals surface area (Å²) in [7, 11) is 1.31. The first-order valence-electron chi connectivity index (χ1n) is 4.44. The molecule has 3 nitrogen and oxygen atoms in total. The Labute approximate surface area is 97.0 Å². The van der Waals surface area contributed by atoms with Gasteiger partial charge in [0.25, 0.3) is 0 Å². The molecule has 0 aliphatic carbocycles. The topological polar surface area (TPSA) is 43.4 Å². The van der Waals surface area contributed by atoms with Crippen LogP contribution in [0.4, 0.5) is 0 Å². The highest BCUT2D eigenvalue weighted by Crippen LogP contribution is 2.22. The second-order valence-electron chi connectivity index (χ2n) is 2.98. The van der Waals surface area contributed by atoms with Crippen molar-refractivity contribution in [1.82, 2.24) is 0 Å². The lowest BCUT2D eigenvalue weighted by molar-refractivity contribution is -0.141. The molecule has 0 radical (unpaired) electrons. The fourth-order valence-electron chi connectivity index (χ4n) is 1.06. The Morgan fingerprint density at radius 2 is 2.20 bits per heavy atom. The molecule has 1 heterocycles. The normalized spacial score (nSPS) is 10.0. The van der Waals surface area contributed by atoms with Gasteiger partial charge in [-0.15, -0.1) is 11.3 Å². The highest BCUT2D eigenvalue weighted by atomic mass is 35.5. The van der Waals surface area contributed by atoms with Crippen LogP contribution in [-0.4, -0.2) is 18.9 Å². The molecule has 0 amide bonds. The van der Waals surface area contributed by atoms with Crippen molar-refractivity contribution < 1.29 is 14.3 Å². The Hall–Kier alpha value is -0.870. The molecule has 1 aromatic rings. The molecule has 0 spiro atoms. The third kappa shape index (κ3) is 4.01. The minimum absolute atomic E-state index is 0.00440. The third-order valence-corrected chi connectivity index (χ3v) is 3.27. The molecule has 82 valence electrons. The molecule has 0 saturated carbocycles. The summed E-state index contributed by atoms with van der Waals surface area (Å²) in [6, 6.07) is 1.76. The fourth-order valence-corrected chi connectivity index (χ4v) is 2.19. The van der Waals surface area contributed by atoms with Crippen LogP contribution in [0.1, 0.15) is 17.7 Å². The van der Waals surface area contributed by atoms with E-state index in [2.05, 4.69) is 4.74 Å².